The highest BCUT2D eigenvalue weighted by Crippen LogP contribution is 2.30. The Kier molecular flexibility index (Phi) is 4.12. The topological polar surface area (TPSA) is 21.3 Å². The molecule has 100 valence electrons. The van der Waals surface area contributed by atoms with Crippen LogP contribution in [0.25, 0.3) is 0 Å². The van der Waals surface area contributed by atoms with Gasteiger partial charge in [0, 0.05) is 29.4 Å². The van der Waals surface area contributed by atoms with Gasteiger partial charge < -0.3 is 10.1 Å². The summed E-state index contributed by atoms with van der Waals surface area (Å²) in [6.07, 6.45) is 1.13. The first kappa shape index (κ1) is 13.4. The molecule has 0 amide bonds. The number of hydrogen-bond acceptors (Lipinski definition) is 3. The maximum atomic E-state index is 5.98. The third kappa shape index (κ3) is 3.31. The Morgan fingerprint density at radius 2 is 2.26 bits per heavy atom. The van der Waals surface area contributed by atoms with Crippen LogP contribution >= 0.6 is 38.9 Å². The fourth-order valence-electron chi connectivity index (χ4n) is 2.21. The predicted octanol–water partition coefficient (Wildman–Crippen LogP) is 4.26. The van der Waals surface area contributed by atoms with Gasteiger partial charge in [-0.2, -0.15) is 0 Å². The molecular formula is C14H13BrClNOS. The van der Waals surface area contributed by atoms with Crippen LogP contribution in [0, 0.1) is 0 Å². The molecule has 1 unspecified atom stereocenters. The molecule has 2 aromatic rings. The summed E-state index contributed by atoms with van der Waals surface area (Å²) in [7, 11) is 0. The zero-order valence-corrected chi connectivity index (χ0v) is 13.3. The highest BCUT2D eigenvalue weighted by Gasteiger charge is 2.22. The second kappa shape index (κ2) is 5.83. The quantitative estimate of drug-likeness (QED) is 0.882. The summed E-state index contributed by atoms with van der Waals surface area (Å²) < 4.78 is 7.05. The van der Waals surface area contributed by atoms with Crippen molar-refractivity contribution in [3.63, 3.8) is 0 Å². The Balaban J connectivity index is 1.51. The second-order valence-electron chi connectivity index (χ2n) is 4.53. The van der Waals surface area contributed by atoms with Crippen molar-refractivity contribution in [2.45, 2.75) is 19.1 Å². The molecule has 1 atom stereocenters. The third-order valence-corrected chi connectivity index (χ3v) is 4.92. The summed E-state index contributed by atoms with van der Waals surface area (Å²) >= 11 is 11.2. The lowest BCUT2D eigenvalue weighted by molar-refractivity contribution is 0.227. The molecule has 0 radical (unpaired) electrons. The minimum Gasteiger partial charge on any atom is -0.488 e. The first-order chi connectivity index (χ1) is 9.20. The summed E-state index contributed by atoms with van der Waals surface area (Å²) in [6, 6.07) is 10.0. The second-order valence-corrected chi connectivity index (χ2v) is 7.52. The van der Waals surface area contributed by atoms with Crippen LogP contribution in [-0.4, -0.2) is 12.6 Å². The molecule has 1 aromatic heterocycles. The SMILES string of the molecule is Clc1ccc2c(c1)CC(CNCc1ccc(Br)s1)O2. The maximum absolute atomic E-state index is 5.98. The molecule has 3 rings (SSSR count). The van der Waals surface area contributed by atoms with Gasteiger partial charge in [0.15, 0.2) is 0 Å². The number of hydrogen-bond donors (Lipinski definition) is 1. The van der Waals surface area contributed by atoms with Crippen molar-refractivity contribution in [3.8, 4) is 5.75 Å². The number of nitrogens with one attached hydrogen (secondary N) is 1. The van der Waals surface area contributed by atoms with Crippen LogP contribution in [0.4, 0.5) is 0 Å². The van der Waals surface area contributed by atoms with Crippen molar-refractivity contribution in [1.82, 2.24) is 5.32 Å². The summed E-state index contributed by atoms with van der Waals surface area (Å²) in [6.45, 7) is 1.73. The molecule has 1 N–H and O–H groups in total. The van der Waals surface area contributed by atoms with Crippen LogP contribution in [0.1, 0.15) is 10.4 Å². The molecule has 0 saturated carbocycles. The van der Waals surface area contributed by atoms with E-state index in [1.807, 2.05) is 18.2 Å². The molecule has 19 heavy (non-hydrogen) atoms. The van der Waals surface area contributed by atoms with Crippen molar-refractivity contribution in [3.05, 3.63) is 49.6 Å². The standard InChI is InChI=1S/C14H13BrClNOS/c15-14-4-2-12(19-14)8-17-7-11-6-9-5-10(16)1-3-13(9)18-11/h1-5,11,17H,6-8H2. The van der Waals surface area contributed by atoms with E-state index >= 15 is 0 Å². The number of halogens is 2. The highest BCUT2D eigenvalue weighted by molar-refractivity contribution is 9.11. The molecule has 2 heterocycles. The first-order valence-electron chi connectivity index (χ1n) is 6.11. The van der Waals surface area contributed by atoms with Crippen molar-refractivity contribution in [2.24, 2.45) is 0 Å². The number of fused-ring (bicyclic) bond motifs is 1. The van der Waals surface area contributed by atoms with Gasteiger partial charge in [-0.15, -0.1) is 11.3 Å². The molecule has 1 aliphatic rings. The van der Waals surface area contributed by atoms with Gasteiger partial charge >= 0.3 is 0 Å². The van der Waals surface area contributed by atoms with Crippen LogP contribution in [0.2, 0.25) is 5.02 Å². The fraction of sp³-hybridized carbons (Fsp3) is 0.286. The average molecular weight is 359 g/mol. The minimum absolute atomic E-state index is 0.205. The van der Waals surface area contributed by atoms with Crippen LogP contribution in [0.3, 0.4) is 0 Å². The van der Waals surface area contributed by atoms with Crippen molar-refractivity contribution in [2.75, 3.05) is 6.54 Å². The number of ether oxygens (including phenoxy) is 1. The Hall–Kier alpha value is -0.550. The van der Waals surface area contributed by atoms with Crippen LogP contribution in [0.15, 0.2) is 34.1 Å². The van der Waals surface area contributed by atoms with Crippen molar-refractivity contribution >= 4 is 38.9 Å². The number of thiophene rings is 1. The summed E-state index contributed by atoms with van der Waals surface area (Å²) in [5.74, 6) is 0.968. The molecule has 0 bridgehead atoms. The highest BCUT2D eigenvalue weighted by atomic mass is 79.9. The molecule has 0 fully saturated rings. The number of benzene rings is 1. The lowest BCUT2D eigenvalue weighted by Gasteiger charge is -2.11. The van der Waals surface area contributed by atoms with Gasteiger partial charge in [0.25, 0.3) is 0 Å². The van der Waals surface area contributed by atoms with Gasteiger partial charge in [-0.3, -0.25) is 0 Å². The molecule has 0 saturated heterocycles. The van der Waals surface area contributed by atoms with E-state index in [1.165, 1.54) is 14.2 Å². The van der Waals surface area contributed by atoms with Gasteiger partial charge in [-0.25, -0.2) is 0 Å². The zero-order chi connectivity index (χ0) is 13.2. The van der Waals surface area contributed by atoms with Gasteiger partial charge in [-0.05, 0) is 51.8 Å². The van der Waals surface area contributed by atoms with E-state index in [9.17, 15) is 0 Å². The molecule has 0 aliphatic carbocycles. The lowest BCUT2D eigenvalue weighted by Crippen LogP contribution is -2.29. The molecular weight excluding hydrogens is 346 g/mol. The van der Waals surface area contributed by atoms with Crippen LogP contribution in [0.5, 0.6) is 5.75 Å². The van der Waals surface area contributed by atoms with Crippen LogP contribution in [-0.2, 0) is 13.0 Å². The lowest BCUT2D eigenvalue weighted by atomic mass is 10.1. The zero-order valence-electron chi connectivity index (χ0n) is 10.2. The Morgan fingerprint density at radius 1 is 1.37 bits per heavy atom. The maximum Gasteiger partial charge on any atom is 0.123 e. The van der Waals surface area contributed by atoms with E-state index in [-0.39, 0.29) is 6.10 Å². The van der Waals surface area contributed by atoms with Gasteiger partial charge in [0.05, 0.1) is 3.79 Å². The smallest absolute Gasteiger partial charge is 0.123 e. The molecule has 0 spiro atoms. The average Bonchev–Trinajstić information content (AvgIpc) is 2.95. The Bertz CT molecular complexity index is 587. The molecule has 1 aromatic carbocycles. The van der Waals surface area contributed by atoms with E-state index in [4.69, 9.17) is 16.3 Å². The van der Waals surface area contributed by atoms with E-state index in [1.54, 1.807) is 11.3 Å². The van der Waals surface area contributed by atoms with E-state index < -0.39 is 0 Å². The molecule has 1 aliphatic heterocycles. The van der Waals surface area contributed by atoms with Crippen molar-refractivity contribution < 1.29 is 4.74 Å². The van der Waals surface area contributed by atoms with Gasteiger partial charge in [-0.1, -0.05) is 11.6 Å². The Morgan fingerprint density at radius 3 is 3.05 bits per heavy atom. The van der Waals surface area contributed by atoms with E-state index in [0.717, 1.165) is 30.3 Å². The number of rotatable bonds is 4. The monoisotopic (exact) mass is 357 g/mol. The molecule has 5 heteroatoms. The fourth-order valence-corrected chi connectivity index (χ4v) is 3.85. The van der Waals surface area contributed by atoms with Gasteiger partial charge in [0.2, 0.25) is 0 Å². The van der Waals surface area contributed by atoms with Gasteiger partial charge in [0.1, 0.15) is 11.9 Å². The minimum atomic E-state index is 0.205. The normalized spacial score (nSPS) is 17.3. The van der Waals surface area contributed by atoms with Crippen molar-refractivity contribution in [1.29, 1.82) is 0 Å². The predicted molar refractivity (Wildman–Crippen MR) is 83.3 cm³/mol. The Labute approximate surface area is 129 Å². The summed E-state index contributed by atoms with van der Waals surface area (Å²) in [4.78, 5) is 1.32. The largest absolute Gasteiger partial charge is 0.488 e. The summed E-state index contributed by atoms with van der Waals surface area (Å²) in [5, 5.41) is 4.22. The first-order valence-corrected chi connectivity index (χ1v) is 8.09. The van der Waals surface area contributed by atoms with E-state index in [0.29, 0.717) is 0 Å². The molecule has 2 nitrogen and oxygen atoms in total. The summed E-state index contributed by atoms with van der Waals surface area (Å²) in [5.41, 5.74) is 1.21. The third-order valence-electron chi connectivity index (χ3n) is 3.06. The van der Waals surface area contributed by atoms with Crippen LogP contribution < -0.4 is 10.1 Å². The van der Waals surface area contributed by atoms with E-state index in [2.05, 4.69) is 33.4 Å².